The van der Waals surface area contributed by atoms with E-state index in [2.05, 4.69) is 54.2 Å². The summed E-state index contributed by atoms with van der Waals surface area (Å²) in [7, 11) is 0. The van der Waals surface area contributed by atoms with E-state index in [0.29, 0.717) is 5.52 Å². The molecular weight excluding hydrogens is 313 g/mol. The molecule has 0 fully saturated rings. The maximum absolute atomic E-state index is 13.4. The maximum atomic E-state index is 13.4. The molecule has 3 nitrogen and oxygen atoms in total. The second-order valence-electron chi connectivity index (χ2n) is 6.25. The fraction of sp³-hybridized carbons (Fsp3) is 0.286. The summed E-state index contributed by atoms with van der Waals surface area (Å²) in [5.41, 5.74) is 5.23. The van der Waals surface area contributed by atoms with Gasteiger partial charge in [0.15, 0.2) is 0 Å². The van der Waals surface area contributed by atoms with Crippen LogP contribution in [-0.4, -0.2) is 23.0 Å². The molecule has 0 atom stereocenters. The Balaban J connectivity index is 1.91. The molecule has 1 N–H and O–H groups in total. The van der Waals surface area contributed by atoms with Gasteiger partial charge >= 0.3 is 0 Å². The smallest absolute Gasteiger partial charge is 0.125 e. The van der Waals surface area contributed by atoms with Crippen LogP contribution in [0.15, 0.2) is 48.7 Å². The molecule has 1 heterocycles. The lowest BCUT2D eigenvalue weighted by molar-refractivity contribution is 0.295. The third-order valence-electron chi connectivity index (χ3n) is 4.62. The number of anilines is 2. The monoisotopic (exact) mass is 337 g/mol. The number of benzene rings is 2. The number of pyridine rings is 1. The molecule has 130 valence electrons. The molecule has 0 unspecified atom stereocenters. The van der Waals surface area contributed by atoms with Crippen molar-refractivity contribution < 1.29 is 4.39 Å². The third-order valence-corrected chi connectivity index (χ3v) is 4.62. The largest absolute Gasteiger partial charge is 0.355 e. The number of hydrogen-bond donors (Lipinski definition) is 1. The molecule has 0 saturated heterocycles. The van der Waals surface area contributed by atoms with Gasteiger partial charge in [0.2, 0.25) is 0 Å². The van der Waals surface area contributed by atoms with Crippen LogP contribution in [0.3, 0.4) is 0 Å². The molecule has 0 radical (unpaired) electrons. The number of hydrogen-bond acceptors (Lipinski definition) is 3. The van der Waals surface area contributed by atoms with E-state index in [-0.39, 0.29) is 5.82 Å². The van der Waals surface area contributed by atoms with Gasteiger partial charge in [-0.1, -0.05) is 19.9 Å². The Morgan fingerprint density at radius 2 is 1.84 bits per heavy atom. The zero-order valence-corrected chi connectivity index (χ0v) is 15.0. The minimum Gasteiger partial charge on any atom is -0.355 e. The van der Waals surface area contributed by atoms with Crippen molar-refractivity contribution in [1.82, 2.24) is 9.88 Å². The van der Waals surface area contributed by atoms with Crippen molar-refractivity contribution in [3.8, 4) is 0 Å². The highest BCUT2D eigenvalue weighted by atomic mass is 19.1. The predicted molar refractivity (Wildman–Crippen MR) is 103 cm³/mol. The van der Waals surface area contributed by atoms with E-state index in [0.717, 1.165) is 36.4 Å². The van der Waals surface area contributed by atoms with Gasteiger partial charge in [-0.15, -0.1) is 0 Å². The van der Waals surface area contributed by atoms with Crippen molar-refractivity contribution in [2.45, 2.75) is 27.3 Å². The summed E-state index contributed by atoms with van der Waals surface area (Å²) in [5, 5.41) is 4.37. The van der Waals surface area contributed by atoms with Gasteiger partial charge in [-0.2, -0.15) is 0 Å². The molecule has 0 saturated carbocycles. The quantitative estimate of drug-likeness (QED) is 0.664. The molecule has 0 aliphatic rings. The molecule has 3 aromatic rings. The van der Waals surface area contributed by atoms with E-state index in [9.17, 15) is 4.39 Å². The maximum Gasteiger partial charge on any atom is 0.125 e. The van der Waals surface area contributed by atoms with E-state index < -0.39 is 0 Å². The van der Waals surface area contributed by atoms with Crippen molar-refractivity contribution in [3.63, 3.8) is 0 Å². The fourth-order valence-electron chi connectivity index (χ4n) is 2.99. The Morgan fingerprint density at radius 3 is 2.60 bits per heavy atom. The number of aromatic nitrogens is 1. The Morgan fingerprint density at radius 1 is 1.04 bits per heavy atom. The molecule has 0 bridgehead atoms. The lowest BCUT2D eigenvalue weighted by Crippen LogP contribution is -2.22. The van der Waals surface area contributed by atoms with Crippen molar-refractivity contribution in [2.75, 3.05) is 18.4 Å². The van der Waals surface area contributed by atoms with Crippen LogP contribution in [0.4, 0.5) is 15.8 Å². The summed E-state index contributed by atoms with van der Waals surface area (Å²) in [6, 6.07) is 13.0. The zero-order valence-electron chi connectivity index (χ0n) is 15.0. The van der Waals surface area contributed by atoms with Crippen LogP contribution < -0.4 is 5.32 Å². The SMILES string of the molecule is CCN(CC)Cc1cc(Nc2ccnc3cc(F)ccc23)ccc1C. The van der Waals surface area contributed by atoms with E-state index >= 15 is 0 Å². The topological polar surface area (TPSA) is 28.2 Å². The first kappa shape index (κ1) is 17.4. The minimum absolute atomic E-state index is 0.269. The lowest BCUT2D eigenvalue weighted by Gasteiger charge is -2.20. The Hall–Kier alpha value is -2.46. The van der Waals surface area contributed by atoms with Gasteiger partial charge in [0.1, 0.15) is 5.82 Å². The Labute approximate surface area is 148 Å². The minimum atomic E-state index is -0.269. The van der Waals surface area contributed by atoms with Crippen molar-refractivity contribution in [1.29, 1.82) is 0 Å². The summed E-state index contributed by atoms with van der Waals surface area (Å²) < 4.78 is 13.4. The summed E-state index contributed by atoms with van der Waals surface area (Å²) >= 11 is 0. The second-order valence-corrected chi connectivity index (χ2v) is 6.25. The molecule has 0 aliphatic heterocycles. The summed E-state index contributed by atoms with van der Waals surface area (Å²) in [4.78, 5) is 6.65. The van der Waals surface area contributed by atoms with E-state index in [1.165, 1.54) is 23.3 Å². The molecule has 0 spiro atoms. The molecule has 4 heteroatoms. The van der Waals surface area contributed by atoms with Gasteiger partial charge in [-0.3, -0.25) is 9.88 Å². The van der Waals surface area contributed by atoms with Gasteiger partial charge in [-0.05, 0) is 61.5 Å². The van der Waals surface area contributed by atoms with Crippen molar-refractivity contribution in [3.05, 3.63) is 65.6 Å². The highest BCUT2D eigenvalue weighted by molar-refractivity contribution is 5.92. The van der Waals surface area contributed by atoms with E-state index in [1.807, 2.05) is 6.07 Å². The number of nitrogens with zero attached hydrogens (tertiary/aromatic N) is 2. The summed E-state index contributed by atoms with van der Waals surface area (Å²) in [5.74, 6) is -0.269. The Kier molecular flexibility index (Phi) is 5.29. The molecule has 3 rings (SSSR count). The first-order valence-corrected chi connectivity index (χ1v) is 8.74. The predicted octanol–water partition coefficient (Wildman–Crippen LogP) is 5.27. The van der Waals surface area contributed by atoms with Gasteiger partial charge in [0, 0.05) is 35.6 Å². The fourth-order valence-corrected chi connectivity index (χ4v) is 2.99. The van der Waals surface area contributed by atoms with Gasteiger partial charge < -0.3 is 5.32 Å². The molecule has 1 aromatic heterocycles. The highest BCUT2D eigenvalue weighted by Gasteiger charge is 2.07. The number of halogens is 1. The molecular formula is C21H24FN3. The summed E-state index contributed by atoms with van der Waals surface area (Å²) in [6.45, 7) is 9.53. The van der Waals surface area contributed by atoms with Gasteiger partial charge in [-0.25, -0.2) is 4.39 Å². The van der Waals surface area contributed by atoms with Crippen LogP contribution in [0, 0.1) is 12.7 Å². The van der Waals surface area contributed by atoms with Crippen LogP contribution in [0.5, 0.6) is 0 Å². The first-order chi connectivity index (χ1) is 12.1. The lowest BCUT2D eigenvalue weighted by atomic mass is 10.1. The number of fused-ring (bicyclic) bond motifs is 1. The van der Waals surface area contributed by atoms with Crippen molar-refractivity contribution in [2.24, 2.45) is 0 Å². The van der Waals surface area contributed by atoms with Gasteiger partial charge in [0.05, 0.1) is 5.52 Å². The third kappa shape index (κ3) is 3.97. The average molecular weight is 337 g/mol. The summed E-state index contributed by atoms with van der Waals surface area (Å²) in [6.07, 6.45) is 1.70. The van der Waals surface area contributed by atoms with Crippen LogP contribution in [0.25, 0.3) is 10.9 Å². The highest BCUT2D eigenvalue weighted by Crippen LogP contribution is 2.27. The number of rotatable bonds is 6. The Bertz CT molecular complexity index is 872. The number of aryl methyl sites for hydroxylation is 1. The van der Waals surface area contributed by atoms with E-state index in [1.54, 1.807) is 12.3 Å². The normalized spacial score (nSPS) is 11.2. The number of nitrogens with one attached hydrogen (secondary N) is 1. The van der Waals surface area contributed by atoms with Crippen LogP contribution in [0.1, 0.15) is 25.0 Å². The zero-order chi connectivity index (χ0) is 17.8. The van der Waals surface area contributed by atoms with Crippen LogP contribution in [0.2, 0.25) is 0 Å². The molecule has 0 amide bonds. The average Bonchev–Trinajstić information content (AvgIpc) is 2.62. The van der Waals surface area contributed by atoms with E-state index in [4.69, 9.17) is 0 Å². The molecule has 2 aromatic carbocycles. The first-order valence-electron chi connectivity index (χ1n) is 8.74. The van der Waals surface area contributed by atoms with Crippen molar-refractivity contribution >= 4 is 22.3 Å². The van der Waals surface area contributed by atoms with Crippen LogP contribution in [-0.2, 0) is 6.54 Å². The van der Waals surface area contributed by atoms with Gasteiger partial charge in [0.25, 0.3) is 0 Å². The van der Waals surface area contributed by atoms with Crippen LogP contribution >= 0.6 is 0 Å². The molecule has 0 aliphatic carbocycles. The standard InChI is InChI=1S/C21H24FN3/c1-4-25(5-2)14-16-12-18(8-6-15(16)3)24-20-10-11-23-21-13-17(22)7-9-19(20)21/h6-13H,4-5,14H2,1-3H3,(H,23,24). The second kappa shape index (κ2) is 7.62. The molecule has 25 heavy (non-hydrogen) atoms.